The first-order valence-electron chi connectivity index (χ1n) is 6.03. The zero-order valence-electron chi connectivity index (χ0n) is 10.7. The number of nitrogens with zero attached hydrogens (tertiary/aromatic N) is 2. The van der Waals surface area contributed by atoms with Crippen LogP contribution >= 0.6 is 0 Å². The standard InChI is InChI=1S/C12H23N3O/c1-5-15-8-12(7-13-15)11(4)14-10(3)9-16-6-2/h7-8,10-11,14H,5-6,9H2,1-4H3. The minimum absolute atomic E-state index is 0.316. The maximum absolute atomic E-state index is 5.38. The molecule has 0 bridgehead atoms. The van der Waals surface area contributed by atoms with E-state index in [-0.39, 0.29) is 0 Å². The average Bonchev–Trinajstić information content (AvgIpc) is 2.74. The van der Waals surface area contributed by atoms with Crippen molar-refractivity contribution in [1.29, 1.82) is 0 Å². The Labute approximate surface area is 98.0 Å². The van der Waals surface area contributed by atoms with Crippen molar-refractivity contribution in [3.63, 3.8) is 0 Å². The Morgan fingerprint density at radius 3 is 2.75 bits per heavy atom. The van der Waals surface area contributed by atoms with E-state index in [1.807, 2.05) is 17.8 Å². The number of aryl methyl sites for hydroxylation is 1. The van der Waals surface area contributed by atoms with Gasteiger partial charge in [-0.05, 0) is 27.7 Å². The van der Waals surface area contributed by atoms with Gasteiger partial charge in [0.25, 0.3) is 0 Å². The van der Waals surface area contributed by atoms with Crippen molar-refractivity contribution < 1.29 is 4.74 Å². The van der Waals surface area contributed by atoms with Gasteiger partial charge in [-0.25, -0.2) is 0 Å². The van der Waals surface area contributed by atoms with Crippen LogP contribution in [0.5, 0.6) is 0 Å². The van der Waals surface area contributed by atoms with Crippen LogP contribution in [0.4, 0.5) is 0 Å². The summed E-state index contributed by atoms with van der Waals surface area (Å²) in [6.45, 7) is 10.8. The molecule has 0 aliphatic rings. The van der Waals surface area contributed by atoms with Gasteiger partial charge in [-0.15, -0.1) is 0 Å². The summed E-state index contributed by atoms with van der Waals surface area (Å²) in [7, 11) is 0. The molecule has 1 heterocycles. The van der Waals surface area contributed by atoms with Gasteiger partial charge in [0.05, 0.1) is 12.8 Å². The van der Waals surface area contributed by atoms with Gasteiger partial charge < -0.3 is 10.1 Å². The van der Waals surface area contributed by atoms with Crippen LogP contribution in [-0.2, 0) is 11.3 Å². The molecule has 1 aromatic rings. The lowest BCUT2D eigenvalue weighted by Crippen LogP contribution is -2.32. The second-order valence-electron chi connectivity index (χ2n) is 4.08. The zero-order chi connectivity index (χ0) is 12.0. The van der Waals surface area contributed by atoms with E-state index in [0.29, 0.717) is 12.1 Å². The molecule has 0 fully saturated rings. The van der Waals surface area contributed by atoms with Gasteiger partial charge in [0.15, 0.2) is 0 Å². The van der Waals surface area contributed by atoms with Gasteiger partial charge in [-0.2, -0.15) is 5.10 Å². The molecule has 4 heteroatoms. The molecule has 0 aliphatic heterocycles. The fourth-order valence-electron chi connectivity index (χ4n) is 1.64. The van der Waals surface area contributed by atoms with Crippen molar-refractivity contribution in [3.8, 4) is 0 Å². The molecule has 0 spiro atoms. The van der Waals surface area contributed by atoms with Crippen LogP contribution in [0.25, 0.3) is 0 Å². The highest BCUT2D eigenvalue weighted by atomic mass is 16.5. The Bertz CT molecular complexity index is 298. The van der Waals surface area contributed by atoms with Gasteiger partial charge in [-0.1, -0.05) is 0 Å². The summed E-state index contributed by atoms with van der Waals surface area (Å²) in [5, 5.41) is 7.76. The van der Waals surface area contributed by atoms with Crippen molar-refractivity contribution in [3.05, 3.63) is 18.0 Å². The van der Waals surface area contributed by atoms with E-state index >= 15 is 0 Å². The van der Waals surface area contributed by atoms with Crippen molar-refractivity contribution in [1.82, 2.24) is 15.1 Å². The van der Waals surface area contributed by atoms with Crippen LogP contribution in [0.15, 0.2) is 12.4 Å². The molecule has 4 nitrogen and oxygen atoms in total. The molecule has 1 N–H and O–H groups in total. The van der Waals surface area contributed by atoms with Crippen LogP contribution in [0.1, 0.15) is 39.3 Å². The van der Waals surface area contributed by atoms with Crippen molar-refractivity contribution in [2.75, 3.05) is 13.2 Å². The zero-order valence-corrected chi connectivity index (χ0v) is 10.7. The smallest absolute Gasteiger partial charge is 0.0616 e. The van der Waals surface area contributed by atoms with Gasteiger partial charge in [0.2, 0.25) is 0 Å². The molecule has 0 saturated carbocycles. The summed E-state index contributed by atoms with van der Waals surface area (Å²) >= 11 is 0. The van der Waals surface area contributed by atoms with E-state index in [9.17, 15) is 0 Å². The fourth-order valence-corrected chi connectivity index (χ4v) is 1.64. The average molecular weight is 225 g/mol. The van der Waals surface area contributed by atoms with Gasteiger partial charge in [-0.3, -0.25) is 4.68 Å². The van der Waals surface area contributed by atoms with Crippen LogP contribution in [-0.4, -0.2) is 29.0 Å². The van der Waals surface area contributed by atoms with Gasteiger partial charge in [0.1, 0.15) is 0 Å². The SMILES string of the molecule is CCOCC(C)NC(C)c1cnn(CC)c1. The van der Waals surface area contributed by atoms with Crippen LogP contribution in [0.3, 0.4) is 0 Å². The van der Waals surface area contributed by atoms with E-state index in [0.717, 1.165) is 19.8 Å². The summed E-state index contributed by atoms with van der Waals surface area (Å²) in [6, 6.07) is 0.677. The van der Waals surface area contributed by atoms with Crippen molar-refractivity contribution in [2.24, 2.45) is 0 Å². The first-order valence-corrected chi connectivity index (χ1v) is 6.03. The molecule has 0 amide bonds. The Morgan fingerprint density at radius 2 is 2.19 bits per heavy atom. The lowest BCUT2D eigenvalue weighted by molar-refractivity contribution is 0.124. The molecular formula is C12H23N3O. The summed E-state index contributed by atoms with van der Waals surface area (Å²) in [4.78, 5) is 0. The van der Waals surface area contributed by atoms with E-state index in [1.54, 1.807) is 0 Å². The second-order valence-corrected chi connectivity index (χ2v) is 4.08. The summed E-state index contributed by atoms with van der Waals surface area (Å²) in [5.41, 5.74) is 1.23. The van der Waals surface area contributed by atoms with Crippen LogP contribution < -0.4 is 5.32 Å². The fraction of sp³-hybridized carbons (Fsp3) is 0.750. The van der Waals surface area contributed by atoms with E-state index in [1.165, 1.54) is 5.56 Å². The number of hydrogen-bond donors (Lipinski definition) is 1. The second kappa shape index (κ2) is 6.66. The summed E-state index contributed by atoms with van der Waals surface area (Å²) < 4.78 is 7.32. The Balaban J connectivity index is 2.41. The number of ether oxygens (including phenoxy) is 1. The quantitative estimate of drug-likeness (QED) is 0.771. The number of aromatic nitrogens is 2. The highest BCUT2D eigenvalue weighted by Crippen LogP contribution is 2.11. The summed E-state index contributed by atoms with van der Waals surface area (Å²) in [6.07, 6.45) is 4.01. The molecule has 1 rings (SSSR count). The Kier molecular flexibility index (Phi) is 5.49. The highest BCUT2D eigenvalue weighted by molar-refractivity contribution is 5.09. The molecule has 2 unspecified atom stereocenters. The molecule has 0 aromatic carbocycles. The summed E-state index contributed by atoms with van der Waals surface area (Å²) in [5.74, 6) is 0. The van der Waals surface area contributed by atoms with Crippen LogP contribution in [0, 0.1) is 0 Å². The molecule has 1 aromatic heterocycles. The third kappa shape index (κ3) is 3.94. The molecule has 16 heavy (non-hydrogen) atoms. The normalized spacial score (nSPS) is 15.0. The predicted octanol–water partition coefficient (Wildman–Crippen LogP) is 1.98. The van der Waals surface area contributed by atoms with Gasteiger partial charge in [0, 0.05) is 37.0 Å². The third-order valence-electron chi connectivity index (χ3n) is 2.58. The van der Waals surface area contributed by atoms with E-state index < -0.39 is 0 Å². The van der Waals surface area contributed by atoms with Crippen molar-refractivity contribution >= 4 is 0 Å². The monoisotopic (exact) mass is 225 g/mol. The molecule has 0 saturated heterocycles. The maximum Gasteiger partial charge on any atom is 0.0616 e. The van der Waals surface area contributed by atoms with E-state index in [2.05, 4.69) is 37.4 Å². The molecule has 2 atom stereocenters. The lowest BCUT2D eigenvalue weighted by Gasteiger charge is -2.18. The Morgan fingerprint density at radius 1 is 1.44 bits per heavy atom. The highest BCUT2D eigenvalue weighted by Gasteiger charge is 2.10. The number of rotatable bonds is 7. The molecular weight excluding hydrogens is 202 g/mol. The predicted molar refractivity (Wildman–Crippen MR) is 65.4 cm³/mol. The molecule has 0 radical (unpaired) electrons. The molecule has 92 valence electrons. The van der Waals surface area contributed by atoms with Gasteiger partial charge >= 0.3 is 0 Å². The van der Waals surface area contributed by atoms with E-state index in [4.69, 9.17) is 4.74 Å². The largest absolute Gasteiger partial charge is 0.380 e. The minimum atomic E-state index is 0.316. The minimum Gasteiger partial charge on any atom is -0.380 e. The number of nitrogens with one attached hydrogen (secondary N) is 1. The van der Waals surface area contributed by atoms with Crippen molar-refractivity contribution in [2.45, 2.75) is 46.3 Å². The lowest BCUT2D eigenvalue weighted by atomic mass is 10.1. The number of hydrogen-bond acceptors (Lipinski definition) is 3. The molecule has 0 aliphatic carbocycles. The maximum atomic E-state index is 5.38. The third-order valence-corrected chi connectivity index (χ3v) is 2.58. The Hall–Kier alpha value is -0.870. The first-order chi connectivity index (χ1) is 7.67. The topological polar surface area (TPSA) is 39.1 Å². The first kappa shape index (κ1) is 13.2. The van der Waals surface area contributed by atoms with Crippen LogP contribution in [0.2, 0.25) is 0 Å².